The van der Waals surface area contributed by atoms with E-state index in [1.54, 1.807) is 32.4 Å². The van der Waals surface area contributed by atoms with E-state index in [0.717, 1.165) is 22.0 Å². The van der Waals surface area contributed by atoms with Gasteiger partial charge in [-0.15, -0.1) is 0 Å². The molecular formula is C18H21Cl2N2O3+. The third kappa shape index (κ3) is 5.53. The summed E-state index contributed by atoms with van der Waals surface area (Å²) in [5, 5.41) is 3.68. The second kappa shape index (κ2) is 8.94. The molecule has 0 aliphatic heterocycles. The number of hydrogen-bond donors (Lipinski definition) is 2. The van der Waals surface area contributed by atoms with Gasteiger partial charge >= 0.3 is 0 Å². The minimum absolute atomic E-state index is 0.108. The van der Waals surface area contributed by atoms with Crippen LogP contribution in [0, 0.1) is 0 Å². The first kappa shape index (κ1) is 19.4. The van der Waals surface area contributed by atoms with Crippen LogP contribution < -0.4 is 19.7 Å². The zero-order valence-electron chi connectivity index (χ0n) is 14.4. The summed E-state index contributed by atoms with van der Waals surface area (Å²) in [5.74, 6) is 1.36. The third-order valence-corrected chi connectivity index (χ3v) is 4.39. The van der Waals surface area contributed by atoms with E-state index in [9.17, 15) is 4.79 Å². The molecule has 25 heavy (non-hydrogen) atoms. The Labute approximate surface area is 157 Å². The van der Waals surface area contributed by atoms with Crippen molar-refractivity contribution in [1.82, 2.24) is 0 Å². The van der Waals surface area contributed by atoms with Gasteiger partial charge in [-0.2, -0.15) is 0 Å². The molecular weight excluding hydrogens is 363 g/mol. The Kier molecular flexibility index (Phi) is 6.93. The lowest BCUT2D eigenvalue weighted by Gasteiger charge is -2.16. The SMILES string of the molecule is COc1ccc(C[NH+](C)CC(=O)Nc2ccc(Cl)c(Cl)c2)c(OC)c1. The largest absolute Gasteiger partial charge is 0.497 e. The highest BCUT2D eigenvalue weighted by molar-refractivity contribution is 6.42. The molecule has 0 spiro atoms. The van der Waals surface area contributed by atoms with Gasteiger partial charge in [0, 0.05) is 17.3 Å². The normalized spacial score (nSPS) is 11.7. The van der Waals surface area contributed by atoms with Crippen LogP contribution in [-0.2, 0) is 11.3 Å². The van der Waals surface area contributed by atoms with E-state index >= 15 is 0 Å². The minimum Gasteiger partial charge on any atom is -0.497 e. The smallest absolute Gasteiger partial charge is 0.279 e. The molecule has 7 heteroatoms. The number of anilines is 1. The molecule has 0 heterocycles. The van der Waals surface area contributed by atoms with E-state index in [4.69, 9.17) is 32.7 Å². The first-order valence-electron chi connectivity index (χ1n) is 7.70. The van der Waals surface area contributed by atoms with Crippen molar-refractivity contribution >= 4 is 34.8 Å². The number of nitrogens with one attached hydrogen (secondary N) is 2. The van der Waals surface area contributed by atoms with Gasteiger partial charge in [0.2, 0.25) is 0 Å². The van der Waals surface area contributed by atoms with Gasteiger partial charge in [-0.05, 0) is 30.3 Å². The molecule has 0 aliphatic carbocycles. The zero-order valence-corrected chi connectivity index (χ0v) is 15.9. The highest BCUT2D eigenvalue weighted by Crippen LogP contribution is 2.25. The lowest BCUT2D eigenvalue weighted by atomic mass is 10.2. The van der Waals surface area contributed by atoms with Gasteiger partial charge < -0.3 is 19.7 Å². The fourth-order valence-electron chi connectivity index (χ4n) is 2.44. The molecule has 0 radical (unpaired) electrons. The van der Waals surface area contributed by atoms with Crippen LogP contribution in [0.25, 0.3) is 0 Å². The topological polar surface area (TPSA) is 52.0 Å². The Hall–Kier alpha value is -1.95. The van der Waals surface area contributed by atoms with E-state index in [0.29, 0.717) is 28.8 Å². The monoisotopic (exact) mass is 383 g/mol. The average Bonchev–Trinajstić information content (AvgIpc) is 2.58. The quantitative estimate of drug-likeness (QED) is 0.772. The molecule has 1 unspecified atom stereocenters. The molecule has 1 atom stereocenters. The Morgan fingerprint density at radius 3 is 2.48 bits per heavy atom. The summed E-state index contributed by atoms with van der Waals surface area (Å²) in [6.07, 6.45) is 0. The molecule has 2 rings (SSSR count). The van der Waals surface area contributed by atoms with Gasteiger partial charge in [0.1, 0.15) is 18.0 Å². The van der Waals surface area contributed by atoms with Crippen LogP contribution in [0.4, 0.5) is 5.69 Å². The maximum atomic E-state index is 12.2. The van der Waals surface area contributed by atoms with Crippen LogP contribution in [0.3, 0.4) is 0 Å². The number of rotatable bonds is 7. The maximum absolute atomic E-state index is 12.2. The average molecular weight is 384 g/mol. The van der Waals surface area contributed by atoms with Crippen LogP contribution in [0.1, 0.15) is 5.56 Å². The van der Waals surface area contributed by atoms with Crippen LogP contribution in [-0.4, -0.2) is 33.7 Å². The van der Waals surface area contributed by atoms with E-state index in [2.05, 4.69) is 5.32 Å². The van der Waals surface area contributed by atoms with Gasteiger partial charge in [0.05, 0.1) is 31.3 Å². The predicted octanol–water partition coefficient (Wildman–Crippen LogP) is 2.66. The molecule has 0 bridgehead atoms. The first-order chi connectivity index (χ1) is 11.9. The number of amides is 1. The van der Waals surface area contributed by atoms with Gasteiger partial charge in [-0.3, -0.25) is 4.79 Å². The fourth-order valence-corrected chi connectivity index (χ4v) is 2.74. The lowest BCUT2D eigenvalue weighted by Crippen LogP contribution is -3.08. The summed E-state index contributed by atoms with van der Waals surface area (Å²) in [6.45, 7) is 0.942. The lowest BCUT2D eigenvalue weighted by molar-refractivity contribution is -0.885. The number of methoxy groups -OCH3 is 2. The molecule has 5 nitrogen and oxygen atoms in total. The van der Waals surface area contributed by atoms with Crippen molar-refractivity contribution in [2.45, 2.75) is 6.54 Å². The number of carbonyl (C=O) groups is 1. The second-order valence-electron chi connectivity index (χ2n) is 5.67. The Morgan fingerprint density at radius 1 is 1.08 bits per heavy atom. The highest BCUT2D eigenvalue weighted by Gasteiger charge is 2.14. The second-order valence-corrected chi connectivity index (χ2v) is 6.48. The van der Waals surface area contributed by atoms with Crippen molar-refractivity contribution in [2.24, 2.45) is 0 Å². The first-order valence-corrected chi connectivity index (χ1v) is 8.45. The number of hydrogen-bond acceptors (Lipinski definition) is 3. The van der Waals surface area contributed by atoms with E-state index in [-0.39, 0.29) is 5.91 Å². The summed E-state index contributed by atoms with van der Waals surface area (Å²) in [7, 11) is 5.17. The fraction of sp³-hybridized carbons (Fsp3) is 0.278. The highest BCUT2D eigenvalue weighted by atomic mass is 35.5. The van der Waals surface area contributed by atoms with Crippen LogP contribution in [0.2, 0.25) is 10.0 Å². The number of carbonyl (C=O) groups excluding carboxylic acids is 1. The van der Waals surface area contributed by atoms with Crippen LogP contribution in [0.5, 0.6) is 11.5 Å². The molecule has 2 aromatic rings. The van der Waals surface area contributed by atoms with E-state index in [1.807, 2.05) is 25.2 Å². The molecule has 0 aliphatic rings. The van der Waals surface area contributed by atoms with Crippen molar-refractivity contribution in [3.63, 3.8) is 0 Å². The Balaban J connectivity index is 1.96. The van der Waals surface area contributed by atoms with Gasteiger partial charge in [-0.1, -0.05) is 23.2 Å². The zero-order chi connectivity index (χ0) is 18.4. The number of quaternary nitrogens is 1. The van der Waals surface area contributed by atoms with Crippen molar-refractivity contribution in [3.8, 4) is 11.5 Å². The van der Waals surface area contributed by atoms with Gasteiger partial charge in [0.15, 0.2) is 6.54 Å². The van der Waals surface area contributed by atoms with Gasteiger partial charge in [-0.25, -0.2) is 0 Å². The standard InChI is InChI=1S/C18H20Cl2N2O3/c1-22(10-12-4-6-14(24-2)9-17(12)25-3)11-18(23)21-13-5-7-15(19)16(20)8-13/h4-9H,10-11H2,1-3H3,(H,21,23)/p+1. The molecule has 0 aromatic heterocycles. The minimum atomic E-state index is -0.108. The number of likely N-dealkylation sites (N-methyl/N-ethyl adjacent to an activating group) is 1. The number of halogens is 2. The summed E-state index contributed by atoms with van der Waals surface area (Å²) >= 11 is 11.8. The summed E-state index contributed by atoms with van der Waals surface area (Å²) < 4.78 is 10.6. The molecule has 1 amide bonds. The number of ether oxygens (including phenoxy) is 2. The maximum Gasteiger partial charge on any atom is 0.279 e. The Bertz CT molecular complexity index is 753. The van der Waals surface area contributed by atoms with E-state index < -0.39 is 0 Å². The molecule has 2 N–H and O–H groups in total. The summed E-state index contributed by atoms with van der Waals surface area (Å²) in [4.78, 5) is 13.2. The summed E-state index contributed by atoms with van der Waals surface area (Å²) in [6, 6.07) is 10.6. The van der Waals surface area contributed by atoms with Crippen molar-refractivity contribution in [1.29, 1.82) is 0 Å². The molecule has 2 aromatic carbocycles. The van der Waals surface area contributed by atoms with E-state index in [1.165, 1.54) is 0 Å². The van der Waals surface area contributed by atoms with Crippen LogP contribution >= 0.6 is 23.2 Å². The predicted molar refractivity (Wildman–Crippen MR) is 100 cm³/mol. The molecule has 134 valence electrons. The van der Waals surface area contributed by atoms with Crippen molar-refractivity contribution < 1.29 is 19.2 Å². The van der Waals surface area contributed by atoms with Gasteiger partial charge in [0.25, 0.3) is 5.91 Å². The number of benzene rings is 2. The van der Waals surface area contributed by atoms with Crippen molar-refractivity contribution in [3.05, 3.63) is 52.0 Å². The van der Waals surface area contributed by atoms with Crippen LogP contribution in [0.15, 0.2) is 36.4 Å². The Morgan fingerprint density at radius 2 is 1.84 bits per heavy atom. The molecule has 0 saturated heterocycles. The molecule has 0 saturated carbocycles. The third-order valence-electron chi connectivity index (χ3n) is 3.65. The summed E-state index contributed by atoms with van der Waals surface area (Å²) in [5.41, 5.74) is 1.62. The van der Waals surface area contributed by atoms with Crippen molar-refractivity contribution in [2.75, 3.05) is 33.1 Å². The molecule has 0 fully saturated rings.